The summed E-state index contributed by atoms with van der Waals surface area (Å²) in [5.41, 5.74) is 3.56. The van der Waals surface area contributed by atoms with E-state index in [4.69, 9.17) is 11.6 Å². The molecule has 0 unspecified atom stereocenters. The van der Waals surface area contributed by atoms with Crippen LogP contribution in [0, 0.1) is 12.8 Å². The molecule has 0 saturated heterocycles. The van der Waals surface area contributed by atoms with Crippen molar-refractivity contribution in [2.24, 2.45) is 5.92 Å². The lowest BCUT2D eigenvalue weighted by molar-refractivity contribution is -0.116. The van der Waals surface area contributed by atoms with E-state index in [0.29, 0.717) is 6.54 Å². The number of carbonyl (C=O) groups excluding carboxylic acids is 1. The number of aryl methyl sites for hydroxylation is 1. The fourth-order valence-corrected chi connectivity index (χ4v) is 3.46. The maximum absolute atomic E-state index is 12.2. The Morgan fingerprint density at radius 3 is 2.95 bits per heavy atom. The van der Waals surface area contributed by atoms with Gasteiger partial charge in [-0.3, -0.25) is 9.48 Å². The van der Waals surface area contributed by atoms with E-state index in [-0.39, 0.29) is 11.8 Å². The van der Waals surface area contributed by atoms with Gasteiger partial charge in [0.15, 0.2) is 0 Å². The predicted octanol–water partition coefficient (Wildman–Crippen LogP) is 3.22. The number of amides is 1. The van der Waals surface area contributed by atoms with Crippen LogP contribution in [0.25, 0.3) is 0 Å². The fraction of sp³-hybridized carbons (Fsp3) is 0.533. The van der Waals surface area contributed by atoms with Crippen molar-refractivity contribution in [1.82, 2.24) is 14.8 Å². The Hall–Kier alpha value is -1.40. The molecule has 2 aromatic heterocycles. The Kier molecular flexibility index (Phi) is 4.78. The summed E-state index contributed by atoms with van der Waals surface area (Å²) in [6.45, 7) is 3.38. The summed E-state index contributed by atoms with van der Waals surface area (Å²) in [4.78, 5) is 19.2. The van der Waals surface area contributed by atoms with Crippen LogP contribution in [0.5, 0.6) is 0 Å². The number of anilines is 1. The Labute approximate surface area is 138 Å². The third-order valence-corrected chi connectivity index (χ3v) is 5.31. The second-order valence-corrected chi connectivity index (χ2v) is 6.90. The van der Waals surface area contributed by atoms with Gasteiger partial charge in [0.25, 0.3) is 0 Å². The van der Waals surface area contributed by atoms with Crippen LogP contribution in [0.4, 0.5) is 5.69 Å². The van der Waals surface area contributed by atoms with Gasteiger partial charge in [0.05, 0.1) is 29.6 Å². The lowest BCUT2D eigenvalue weighted by atomic mass is 9.85. The number of aromatic nitrogens is 3. The molecular weight excluding hydrogens is 320 g/mol. The molecule has 0 spiro atoms. The molecule has 0 atom stereocenters. The summed E-state index contributed by atoms with van der Waals surface area (Å²) in [6.07, 6.45) is 7.57. The van der Waals surface area contributed by atoms with E-state index in [1.165, 1.54) is 19.3 Å². The van der Waals surface area contributed by atoms with E-state index in [9.17, 15) is 4.79 Å². The SMILES string of the molecule is Cc1ncsc1CN(C(=O)CCl)c1cnn(CC2CCC2)c1. The van der Waals surface area contributed by atoms with Crippen LogP contribution in [0.3, 0.4) is 0 Å². The minimum Gasteiger partial charge on any atom is -0.303 e. The molecule has 0 radical (unpaired) electrons. The first kappa shape index (κ1) is 15.5. The van der Waals surface area contributed by atoms with Crippen LogP contribution < -0.4 is 4.90 Å². The maximum Gasteiger partial charge on any atom is 0.242 e. The minimum atomic E-state index is -0.113. The van der Waals surface area contributed by atoms with E-state index >= 15 is 0 Å². The lowest BCUT2D eigenvalue weighted by Gasteiger charge is -2.25. The number of halogens is 1. The van der Waals surface area contributed by atoms with Gasteiger partial charge in [-0.15, -0.1) is 22.9 Å². The highest BCUT2D eigenvalue weighted by Gasteiger charge is 2.21. The molecule has 0 bridgehead atoms. The molecule has 2 aromatic rings. The fourth-order valence-electron chi connectivity index (χ4n) is 2.55. The first-order chi connectivity index (χ1) is 10.7. The third-order valence-electron chi connectivity index (χ3n) is 4.16. The summed E-state index contributed by atoms with van der Waals surface area (Å²) < 4.78 is 1.94. The normalized spacial score (nSPS) is 14.8. The van der Waals surface area contributed by atoms with Crippen molar-refractivity contribution in [1.29, 1.82) is 0 Å². The van der Waals surface area contributed by atoms with Gasteiger partial charge in [0, 0.05) is 17.6 Å². The Morgan fingerprint density at radius 1 is 1.55 bits per heavy atom. The first-order valence-electron chi connectivity index (χ1n) is 7.45. The van der Waals surface area contributed by atoms with Crippen LogP contribution in [0.15, 0.2) is 17.9 Å². The van der Waals surface area contributed by atoms with E-state index in [0.717, 1.165) is 28.7 Å². The van der Waals surface area contributed by atoms with Crippen LogP contribution in [-0.2, 0) is 17.9 Å². The molecule has 22 heavy (non-hydrogen) atoms. The van der Waals surface area contributed by atoms with Crippen molar-refractivity contribution in [2.75, 3.05) is 10.8 Å². The number of hydrogen-bond acceptors (Lipinski definition) is 4. The van der Waals surface area contributed by atoms with Gasteiger partial charge in [-0.25, -0.2) is 4.98 Å². The molecule has 2 heterocycles. The van der Waals surface area contributed by atoms with Gasteiger partial charge in [0.2, 0.25) is 5.91 Å². The number of carbonyl (C=O) groups is 1. The molecule has 5 nitrogen and oxygen atoms in total. The van der Waals surface area contributed by atoms with Gasteiger partial charge in [-0.1, -0.05) is 6.42 Å². The average molecular weight is 339 g/mol. The Balaban J connectivity index is 1.76. The second-order valence-electron chi connectivity index (χ2n) is 5.69. The van der Waals surface area contributed by atoms with Crippen LogP contribution >= 0.6 is 22.9 Å². The summed E-state index contributed by atoms with van der Waals surface area (Å²) in [7, 11) is 0. The number of hydrogen-bond donors (Lipinski definition) is 0. The van der Waals surface area contributed by atoms with Crippen molar-refractivity contribution in [3.8, 4) is 0 Å². The zero-order valence-corrected chi connectivity index (χ0v) is 14.1. The van der Waals surface area contributed by atoms with Crippen molar-refractivity contribution in [2.45, 2.75) is 39.3 Å². The van der Waals surface area contributed by atoms with Crippen molar-refractivity contribution in [3.63, 3.8) is 0 Å². The van der Waals surface area contributed by atoms with E-state index in [1.807, 2.05) is 17.8 Å². The largest absolute Gasteiger partial charge is 0.303 e. The van der Waals surface area contributed by atoms with Crippen molar-refractivity contribution in [3.05, 3.63) is 28.5 Å². The van der Waals surface area contributed by atoms with Gasteiger partial charge in [-0.05, 0) is 25.7 Å². The molecule has 1 fully saturated rings. The highest BCUT2D eigenvalue weighted by atomic mass is 35.5. The quantitative estimate of drug-likeness (QED) is 0.760. The molecule has 1 saturated carbocycles. The molecule has 1 aliphatic rings. The zero-order chi connectivity index (χ0) is 15.5. The zero-order valence-electron chi connectivity index (χ0n) is 12.5. The maximum atomic E-state index is 12.2. The molecule has 0 aliphatic heterocycles. The Bertz CT molecular complexity index is 650. The van der Waals surface area contributed by atoms with E-state index in [1.54, 1.807) is 27.9 Å². The highest BCUT2D eigenvalue weighted by molar-refractivity contribution is 7.09. The number of rotatable bonds is 6. The number of alkyl halides is 1. The van der Waals surface area contributed by atoms with Crippen LogP contribution in [-0.4, -0.2) is 26.6 Å². The molecule has 1 aliphatic carbocycles. The molecule has 0 aromatic carbocycles. The number of thiazole rings is 1. The van der Waals surface area contributed by atoms with Crippen LogP contribution in [0.2, 0.25) is 0 Å². The summed E-state index contributed by atoms with van der Waals surface area (Å²) >= 11 is 7.32. The summed E-state index contributed by atoms with van der Waals surface area (Å²) in [5, 5.41) is 4.39. The minimum absolute atomic E-state index is 0.0361. The smallest absolute Gasteiger partial charge is 0.242 e. The number of nitrogens with zero attached hydrogens (tertiary/aromatic N) is 4. The average Bonchev–Trinajstić information content (AvgIpc) is 3.09. The van der Waals surface area contributed by atoms with Crippen molar-refractivity contribution >= 4 is 34.5 Å². The van der Waals surface area contributed by atoms with Gasteiger partial charge >= 0.3 is 0 Å². The lowest BCUT2D eigenvalue weighted by Crippen LogP contribution is -2.31. The van der Waals surface area contributed by atoms with Crippen LogP contribution in [0.1, 0.15) is 29.8 Å². The third kappa shape index (κ3) is 3.33. The molecular formula is C15H19ClN4OS. The van der Waals surface area contributed by atoms with E-state index < -0.39 is 0 Å². The first-order valence-corrected chi connectivity index (χ1v) is 8.86. The van der Waals surface area contributed by atoms with Gasteiger partial charge < -0.3 is 4.90 Å². The second kappa shape index (κ2) is 6.79. The standard InChI is InChI=1S/C15H19ClN4OS/c1-11-14(22-10-17-11)9-20(15(21)5-16)13-6-18-19(8-13)7-12-3-2-4-12/h6,8,10,12H,2-5,7,9H2,1H3. The Morgan fingerprint density at radius 2 is 2.36 bits per heavy atom. The monoisotopic (exact) mass is 338 g/mol. The van der Waals surface area contributed by atoms with E-state index in [2.05, 4.69) is 10.1 Å². The van der Waals surface area contributed by atoms with Gasteiger partial charge in [0.1, 0.15) is 5.88 Å². The molecule has 0 N–H and O–H groups in total. The molecule has 7 heteroatoms. The topological polar surface area (TPSA) is 51.0 Å². The summed E-state index contributed by atoms with van der Waals surface area (Å²) in [6, 6.07) is 0. The van der Waals surface area contributed by atoms with Crippen molar-refractivity contribution < 1.29 is 4.79 Å². The molecule has 1 amide bonds. The summed E-state index contributed by atoms with van der Waals surface area (Å²) in [5.74, 6) is 0.581. The molecule has 3 rings (SSSR count). The van der Waals surface area contributed by atoms with Gasteiger partial charge in [-0.2, -0.15) is 5.10 Å². The predicted molar refractivity (Wildman–Crippen MR) is 88.3 cm³/mol. The highest BCUT2D eigenvalue weighted by Crippen LogP contribution is 2.28. The molecule has 118 valence electrons.